The first-order valence-corrected chi connectivity index (χ1v) is 6.15. The molecule has 94 valence electrons. The van der Waals surface area contributed by atoms with Crippen LogP contribution in [0.15, 0.2) is 0 Å². The number of aliphatic carboxylic acids is 1. The highest BCUT2D eigenvalue weighted by molar-refractivity contribution is 5.73. The SMILES string of the molecule is CCCCC(NCC1(OC)CCC1)C(=O)O. The Morgan fingerprint density at radius 1 is 1.56 bits per heavy atom. The summed E-state index contributed by atoms with van der Waals surface area (Å²) in [6, 6.07) is -0.424. The summed E-state index contributed by atoms with van der Waals surface area (Å²) in [6.45, 7) is 2.73. The molecule has 0 aromatic carbocycles. The normalized spacial score (nSPS) is 20.1. The number of methoxy groups -OCH3 is 1. The lowest BCUT2D eigenvalue weighted by atomic mass is 9.80. The van der Waals surface area contributed by atoms with Gasteiger partial charge in [-0.1, -0.05) is 19.8 Å². The Labute approximate surface area is 97.4 Å². The molecule has 0 aliphatic heterocycles. The number of rotatable bonds is 8. The van der Waals surface area contributed by atoms with Gasteiger partial charge in [0.15, 0.2) is 0 Å². The fourth-order valence-electron chi connectivity index (χ4n) is 2.05. The zero-order valence-electron chi connectivity index (χ0n) is 10.3. The number of hydrogen-bond donors (Lipinski definition) is 2. The van der Waals surface area contributed by atoms with Crippen molar-refractivity contribution in [3.8, 4) is 0 Å². The summed E-state index contributed by atoms with van der Waals surface area (Å²) in [5, 5.41) is 12.2. The summed E-state index contributed by atoms with van der Waals surface area (Å²) in [6.07, 6.45) is 5.94. The van der Waals surface area contributed by atoms with Gasteiger partial charge in [-0.25, -0.2) is 0 Å². The van der Waals surface area contributed by atoms with Crippen molar-refractivity contribution in [1.29, 1.82) is 0 Å². The van der Waals surface area contributed by atoms with Gasteiger partial charge in [-0.2, -0.15) is 0 Å². The molecule has 0 heterocycles. The first-order valence-electron chi connectivity index (χ1n) is 6.15. The molecule has 0 radical (unpaired) electrons. The molecule has 0 bridgehead atoms. The van der Waals surface area contributed by atoms with Crippen LogP contribution in [0, 0.1) is 0 Å². The lowest BCUT2D eigenvalue weighted by Crippen LogP contribution is -2.52. The summed E-state index contributed by atoms with van der Waals surface area (Å²) < 4.78 is 5.45. The van der Waals surface area contributed by atoms with Crippen LogP contribution >= 0.6 is 0 Å². The molecular weight excluding hydrogens is 206 g/mol. The van der Waals surface area contributed by atoms with Gasteiger partial charge in [-0.3, -0.25) is 4.79 Å². The van der Waals surface area contributed by atoms with Crippen LogP contribution in [0.2, 0.25) is 0 Å². The van der Waals surface area contributed by atoms with E-state index in [1.165, 1.54) is 6.42 Å². The van der Waals surface area contributed by atoms with E-state index in [1.807, 2.05) is 0 Å². The zero-order valence-corrected chi connectivity index (χ0v) is 10.3. The first-order chi connectivity index (χ1) is 7.63. The van der Waals surface area contributed by atoms with Crippen LogP contribution in [0.5, 0.6) is 0 Å². The minimum absolute atomic E-state index is 0.0973. The van der Waals surface area contributed by atoms with Gasteiger partial charge < -0.3 is 15.2 Å². The Bertz CT molecular complexity index is 221. The molecule has 1 aliphatic carbocycles. The van der Waals surface area contributed by atoms with Crippen molar-refractivity contribution in [1.82, 2.24) is 5.32 Å². The van der Waals surface area contributed by atoms with Crippen LogP contribution in [0.1, 0.15) is 45.4 Å². The van der Waals surface area contributed by atoms with Crippen molar-refractivity contribution in [3.63, 3.8) is 0 Å². The summed E-state index contributed by atoms with van der Waals surface area (Å²) in [7, 11) is 1.71. The van der Waals surface area contributed by atoms with Crippen molar-refractivity contribution in [2.45, 2.75) is 57.1 Å². The third kappa shape index (κ3) is 3.46. The predicted octanol–water partition coefficient (Wildman–Crippen LogP) is 1.79. The van der Waals surface area contributed by atoms with E-state index in [0.717, 1.165) is 25.7 Å². The monoisotopic (exact) mass is 229 g/mol. The highest BCUT2D eigenvalue weighted by Crippen LogP contribution is 2.34. The topological polar surface area (TPSA) is 58.6 Å². The molecule has 0 amide bonds. The lowest BCUT2D eigenvalue weighted by molar-refractivity contribution is -0.140. The Morgan fingerprint density at radius 2 is 2.25 bits per heavy atom. The van der Waals surface area contributed by atoms with Crippen LogP contribution in [0.3, 0.4) is 0 Å². The summed E-state index contributed by atoms with van der Waals surface area (Å²) in [5.74, 6) is -0.751. The Balaban J connectivity index is 2.34. The van der Waals surface area contributed by atoms with Gasteiger partial charge in [0.05, 0.1) is 5.60 Å². The van der Waals surface area contributed by atoms with E-state index < -0.39 is 12.0 Å². The average molecular weight is 229 g/mol. The van der Waals surface area contributed by atoms with Crippen molar-refractivity contribution in [2.24, 2.45) is 0 Å². The lowest BCUT2D eigenvalue weighted by Gasteiger charge is -2.41. The van der Waals surface area contributed by atoms with Crippen LogP contribution in [0.25, 0.3) is 0 Å². The molecule has 1 fully saturated rings. The maximum Gasteiger partial charge on any atom is 0.320 e. The van der Waals surface area contributed by atoms with Crippen molar-refractivity contribution < 1.29 is 14.6 Å². The van der Waals surface area contributed by atoms with Crippen LogP contribution < -0.4 is 5.32 Å². The summed E-state index contributed by atoms with van der Waals surface area (Å²) in [5.41, 5.74) is -0.0973. The van der Waals surface area contributed by atoms with Gasteiger partial charge in [0.25, 0.3) is 0 Å². The number of carbonyl (C=O) groups is 1. The number of carboxylic acids is 1. The van der Waals surface area contributed by atoms with E-state index in [1.54, 1.807) is 7.11 Å². The molecule has 1 rings (SSSR count). The average Bonchev–Trinajstić information content (AvgIpc) is 2.20. The number of ether oxygens (including phenoxy) is 1. The molecule has 1 saturated carbocycles. The second-order valence-corrected chi connectivity index (χ2v) is 4.65. The quantitative estimate of drug-likeness (QED) is 0.666. The standard InChI is InChI=1S/C12H23NO3/c1-3-4-6-10(11(14)15)13-9-12(16-2)7-5-8-12/h10,13H,3-9H2,1-2H3,(H,14,15). The Hall–Kier alpha value is -0.610. The number of hydrogen-bond acceptors (Lipinski definition) is 3. The Morgan fingerprint density at radius 3 is 2.62 bits per heavy atom. The molecule has 2 N–H and O–H groups in total. The fraction of sp³-hybridized carbons (Fsp3) is 0.917. The van der Waals surface area contributed by atoms with Gasteiger partial charge in [0.2, 0.25) is 0 Å². The molecule has 1 atom stereocenters. The first kappa shape index (κ1) is 13.5. The summed E-state index contributed by atoms with van der Waals surface area (Å²) >= 11 is 0. The van der Waals surface area contributed by atoms with E-state index in [9.17, 15) is 4.79 Å². The predicted molar refractivity (Wildman–Crippen MR) is 62.5 cm³/mol. The highest BCUT2D eigenvalue weighted by Gasteiger charge is 2.37. The Kier molecular flexibility index (Phi) is 5.22. The minimum Gasteiger partial charge on any atom is -0.480 e. The molecule has 4 heteroatoms. The molecular formula is C12H23NO3. The van der Waals surface area contributed by atoms with Gasteiger partial charge in [-0.05, 0) is 25.7 Å². The third-order valence-electron chi connectivity index (χ3n) is 3.51. The van der Waals surface area contributed by atoms with Gasteiger partial charge >= 0.3 is 5.97 Å². The second kappa shape index (κ2) is 6.21. The van der Waals surface area contributed by atoms with Crippen LogP contribution in [-0.2, 0) is 9.53 Å². The van der Waals surface area contributed by atoms with Crippen LogP contribution in [0.4, 0.5) is 0 Å². The molecule has 0 aromatic rings. The molecule has 16 heavy (non-hydrogen) atoms. The van der Waals surface area contributed by atoms with Gasteiger partial charge in [0.1, 0.15) is 6.04 Å². The van der Waals surface area contributed by atoms with E-state index in [4.69, 9.17) is 9.84 Å². The molecule has 0 saturated heterocycles. The largest absolute Gasteiger partial charge is 0.480 e. The number of carboxylic acid groups (broad SMARTS) is 1. The number of nitrogens with one attached hydrogen (secondary N) is 1. The molecule has 1 unspecified atom stereocenters. The molecule has 1 aliphatic rings. The van der Waals surface area contributed by atoms with Crippen molar-refractivity contribution in [2.75, 3.05) is 13.7 Å². The molecule has 0 aromatic heterocycles. The number of unbranched alkanes of at least 4 members (excludes halogenated alkanes) is 1. The van der Waals surface area contributed by atoms with Gasteiger partial charge in [-0.15, -0.1) is 0 Å². The van der Waals surface area contributed by atoms with Gasteiger partial charge in [0, 0.05) is 13.7 Å². The van der Waals surface area contributed by atoms with Crippen molar-refractivity contribution >= 4 is 5.97 Å². The van der Waals surface area contributed by atoms with E-state index >= 15 is 0 Å². The van der Waals surface area contributed by atoms with Crippen molar-refractivity contribution in [3.05, 3.63) is 0 Å². The third-order valence-corrected chi connectivity index (χ3v) is 3.51. The molecule has 0 spiro atoms. The van der Waals surface area contributed by atoms with E-state index in [0.29, 0.717) is 13.0 Å². The summed E-state index contributed by atoms with van der Waals surface area (Å²) in [4.78, 5) is 11.0. The zero-order chi connectivity index (χ0) is 12.0. The highest BCUT2D eigenvalue weighted by atomic mass is 16.5. The maximum atomic E-state index is 11.0. The smallest absolute Gasteiger partial charge is 0.320 e. The van der Waals surface area contributed by atoms with Crippen LogP contribution in [-0.4, -0.2) is 36.4 Å². The second-order valence-electron chi connectivity index (χ2n) is 4.65. The minimum atomic E-state index is -0.751. The van der Waals surface area contributed by atoms with E-state index in [2.05, 4.69) is 12.2 Å². The fourth-order valence-corrected chi connectivity index (χ4v) is 2.05. The van der Waals surface area contributed by atoms with E-state index in [-0.39, 0.29) is 5.60 Å². The maximum absolute atomic E-state index is 11.0. The molecule has 4 nitrogen and oxygen atoms in total.